The summed E-state index contributed by atoms with van der Waals surface area (Å²) in [6.45, 7) is 0. The van der Waals surface area contributed by atoms with Crippen LogP contribution in [0.15, 0.2) is 72.8 Å². The van der Waals surface area contributed by atoms with E-state index in [-0.39, 0.29) is 17.9 Å². The smallest absolute Gasteiger partial charge is 0.255 e. The van der Waals surface area contributed by atoms with Crippen LogP contribution in [0.1, 0.15) is 52.8 Å². The Kier molecular flexibility index (Phi) is 7.08. The molecule has 0 radical (unpaired) electrons. The van der Waals surface area contributed by atoms with Crippen molar-refractivity contribution in [1.29, 1.82) is 0 Å². The molecule has 0 saturated heterocycles. The number of rotatable bonds is 6. The first-order valence-electron chi connectivity index (χ1n) is 11.6. The average molecular weight is 442 g/mol. The molecule has 5 heteroatoms. The molecule has 3 aromatic rings. The summed E-state index contributed by atoms with van der Waals surface area (Å²) in [7, 11) is 3.83. The lowest BCUT2D eigenvalue weighted by Crippen LogP contribution is -2.36. The molecule has 0 unspecified atom stereocenters. The standard InChI is InChI=1S/C28H31N3O2/c1-31(2)26-18-17-24(19-25(26)28(33)29-23-11-7-4-8-12-23)30-27(32)22-15-13-21(14-16-22)20-9-5-3-6-10-20/h3,5-6,9-10,13-19,23H,4,7-8,11-12H2,1-2H3,(H,29,33)(H,30,32). The zero-order valence-corrected chi connectivity index (χ0v) is 19.3. The molecule has 4 rings (SSSR count). The lowest BCUT2D eigenvalue weighted by Gasteiger charge is -2.24. The molecule has 0 heterocycles. The number of benzene rings is 3. The van der Waals surface area contributed by atoms with Crippen LogP contribution in [0.5, 0.6) is 0 Å². The van der Waals surface area contributed by atoms with Crippen LogP contribution in [0, 0.1) is 0 Å². The third kappa shape index (κ3) is 5.61. The third-order valence-corrected chi connectivity index (χ3v) is 6.18. The largest absolute Gasteiger partial charge is 0.377 e. The van der Waals surface area contributed by atoms with E-state index in [2.05, 4.69) is 10.6 Å². The zero-order valence-electron chi connectivity index (χ0n) is 19.3. The monoisotopic (exact) mass is 441 g/mol. The average Bonchev–Trinajstić information content (AvgIpc) is 2.85. The molecular weight excluding hydrogens is 410 g/mol. The van der Waals surface area contributed by atoms with Gasteiger partial charge in [0.15, 0.2) is 0 Å². The van der Waals surface area contributed by atoms with Gasteiger partial charge in [-0.15, -0.1) is 0 Å². The van der Waals surface area contributed by atoms with Gasteiger partial charge >= 0.3 is 0 Å². The minimum atomic E-state index is -0.203. The van der Waals surface area contributed by atoms with E-state index >= 15 is 0 Å². The van der Waals surface area contributed by atoms with Crippen molar-refractivity contribution in [2.45, 2.75) is 38.1 Å². The summed E-state index contributed by atoms with van der Waals surface area (Å²) in [5, 5.41) is 6.13. The van der Waals surface area contributed by atoms with E-state index in [0.717, 1.165) is 42.5 Å². The third-order valence-electron chi connectivity index (χ3n) is 6.18. The van der Waals surface area contributed by atoms with Crippen molar-refractivity contribution in [1.82, 2.24) is 5.32 Å². The second kappa shape index (κ2) is 10.3. The maximum atomic E-state index is 13.1. The van der Waals surface area contributed by atoms with Crippen LogP contribution < -0.4 is 15.5 Å². The van der Waals surface area contributed by atoms with Gasteiger partial charge in [-0.1, -0.05) is 61.7 Å². The van der Waals surface area contributed by atoms with E-state index in [9.17, 15) is 9.59 Å². The van der Waals surface area contributed by atoms with Crippen molar-refractivity contribution in [3.63, 3.8) is 0 Å². The Labute approximate surface area is 195 Å². The van der Waals surface area contributed by atoms with E-state index in [4.69, 9.17) is 0 Å². The second-order valence-electron chi connectivity index (χ2n) is 8.83. The van der Waals surface area contributed by atoms with Gasteiger partial charge in [0.25, 0.3) is 11.8 Å². The van der Waals surface area contributed by atoms with E-state index in [1.165, 1.54) is 6.42 Å². The Morgan fingerprint density at radius 3 is 2.12 bits per heavy atom. The molecule has 2 amide bonds. The zero-order chi connectivity index (χ0) is 23.2. The summed E-state index contributed by atoms with van der Waals surface area (Å²) < 4.78 is 0. The fourth-order valence-corrected chi connectivity index (χ4v) is 4.34. The lowest BCUT2D eigenvalue weighted by molar-refractivity contribution is 0.0927. The van der Waals surface area contributed by atoms with Gasteiger partial charge in [-0.2, -0.15) is 0 Å². The molecule has 1 saturated carbocycles. The Morgan fingerprint density at radius 1 is 0.788 bits per heavy atom. The van der Waals surface area contributed by atoms with Gasteiger partial charge in [-0.3, -0.25) is 9.59 Å². The van der Waals surface area contributed by atoms with Gasteiger partial charge in [0, 0.05) is 37.1 Å². The first kappa shape index (κ1) is 22.6. The number of hydrogen-bond donors (Lipinski definition) is 2. The van der Waals surface area contributed by atoms with Crippen LogP contribution in [0.25, 0.3) is 11.1 Å². The molecule has 3 aromatic carbocycles. The summed E-state index contributed by atoms with van der Waals surface area (Å²) in [4.78, 5) is 27.8. The highest BCUT2D eigenvalue weighted by Crippen LogP contribution is 2.25. The van der Waals surface area contributed by atoms with Crippen LogP contribution in [0.3, 0.4) is 0 Å². The minimum absolute atomic E-state index is 0.0890. The number of anilines is 2. The fraction of sp³-hybridized carbons (Fsp3) is 0.286. The molecule has 170 valence electrons. The molecule has 0 atom stereocenters. The van der Waals surface area contributed by atoms with Crippen molar-refractivity contribution >= 4 is 23.2 Å². The number of amides is 2. The van der Waals surface area contributed by atoms with Crippen LogP contribution in [-0.4, -0.2) is 32.0 Å². The molecule has 0 aliphatic heterocycles. The van der Waals surface area contributed by atoms with Crippen LogP contribution in [0.2, 0.25) is 0 Å². The van der Waals surface area contributed by atoms with Crippen molar-refractivity contribution in [2.75, 3.05) is 24.3 Å². The molecule has 1 aliphatic rings. The highest BCUT2D eigenvalue weighted by atomic mass is 16.2. The Bertz CT molecular complexity index is 1100. The number of nitrogens with zero attached hydrogens (tertiary/aromatic N) is 1. The maximum absolute atomic E-state index is 13.1. The van der Waals surface area contributed by atoms with E-state index < -0.39 is 0 Å². The van der Waals surface area contributed by atoms with Gasteiger partial charge < -0.3 is 15.5 Å². The Balaban J connectivity index is 1.49. The van der Waals surface area contributed by atoms with Crippen LogP contribution in [-0.2, 0) is 0 Å². The molecule has 2 N–H and O–H groups in total. The predicted molar refractivity (Wildman–Crippen MR) is 135 cm³/mol. The van der Waals surface area contributed by atoms with Crippen molar-refractivity contribution < 1.29 is 9.59 Å². The fourth-order valence-electron chi connectivity index (χ4n) is 4.34. The number of hydrogen-bond acceptors (Lipinski definition) is 3. The first-order chi connectivity index (χ1) is 16.0. The van der Waals surface area contributed by atoms with Crippen LogP contribution in [0.4, 0.5) is 11.4 Å². The molecule has 1 fully saturated rings. The van der Waals surface area contributed by atoms with Crippen LogP contribution >= 0.6 is 0 Å². The molecule has 33 heavy (non-hydrogen) atoms. The van der Waals surface area contributed by atoms with Gasteiger partial charge in [0.1, 0.15) is 0 Å². The van der Waals surface area contributed by atoms with Crippen molar-refractivity contribution in [3.8, 4) is 11.1 Å². The predicted octanol–water partition coefficient (Wildman–Crippen LogP) is 5.73. The van der Waals surface area contributed by atoms with Gasteiger partial charge in [0.2, 0.25) is 0 Å². The SMILES string of the molecule is CN(C)c1ccc(NC(=O)c2ccc(-c3ccccc3)cc2)cc1C(=O)NC1CCCCC1. The topological polar surface area (TPSA) is 61.4 Å². The number of carbonyl (C=O) groups excluding carboxylic acids is 2. The van der Waals surface area contributed by atoms with Crippen molar-refractivity contribution in [3.05, 3.63) is 83.9 Å². The van der Waals surface area contributed by atoms with Gasteiger partial charge in [-0.05, 0) is 54.3 Å². The lowest BCUT2D eigenvalue weighted by atomic mass is 9.95. The number of nitrogens with one attached hydrogen (secondary N) is 2. The van der Waals surface area contributed by atoms with Crippen molar-refractivity contribution in [2.24, 2.45) is 0 Å². The summed E-state index contributed by atoms with van der Waals surface area (Å²) in [6.07, 6.45) is 5.61. The molecule has 1 aliphatic carbocycles. The molecular formula is C28H31N3O2. The van der Waals surface area contributed by atoms with E-state index in [1.54, 1.807) is 6.07 Å². The molecule has 0 spiro atoms. The highest BCUT2D eigenvalue weighted by Gasteiger charge is 2.20. The molecule has 0 bridgehead atoms. The first-order valence-corrected chi connectivity index (χ1v) is 11.6. The van der Waals surface area contributed by atoms with E-state index in [1.807, 2.05) is 85.7 Å². The van der Waals surface area contributed by atoms with Gasteiger partial charge in [0.05, 0.1) is 5.56 Å². The van der Waals surface area contributed by atoms with E-state index in [0.29, 0.717) is 16.8 Å². The summed E-state index contributed by atoms with van der Waals surface area (Å²) in [5.74, 6) is -0.292. The molecule has 0 aromatic heterocycles. The Hall–Kier alpha value is -3.60. The summed E-state index contributed by atoms with van der Waals surface area (Å²) in [5.41, 5.74) is 4.74. The summed E-state index contributed by atoms with van der Waals surface area (Å²) >= 11 is 0. The quantitative estimate of drug-likeness (QED) is 0.513. The molecule has 5 nitrogen and oxygen atoms in total. The highest BCUT2D eigenvalue weighted by molar-refractivity contribution is 6.06. The number of carbonyl (C=O) groups is 2. The Morgan fingerprint density at radius 2 is 1.45 bits per heavy atom. The minimum Gasteiger partial charge on any atom is -0.377 e. The maximum Gasteiger partial charge on any atom is 0.255 e. The normalized spacial score (nSPS) is 13.9. The van der Waals surface area contributed by atoms with Gasteiger partial charge in [-0.25, -0.2) is 0 Å². The second-order valence-corrected chi connectivity index (χ2v) is 8.83. The summed E-state index contributed by atoms with van der Waals surface area (Å²) in [6, 6.07) is 23.3.